The van der Waals surface area contributed by atoms with Crippen molar-refractivity contribution in [1.29, 1.82) is 0 Å². The van der Waals surface area contributed by atoms with Crippen LogP contribution < -0.4 is 9.47 Å². The van der Waals surface area contributed by atoms with Gasteiger partial charge in [0.2, 0.25) is 5.91 Å². The number of nitrogens with zero attached hydrogens (tertiary/aromatic N) is 3. The molecule has 1 aromatic carbocycles. The van der Waals surface area contributed by atoms with Crippen LogP contribution in [-0.4, -0.2) is 35.8 Å². The van der Waals surface area contributed by atoms with Gasteiger partial charge in [-0.15, -0.1) is 0 Å². The molecular weight excluding hydrogens is 354 g/mol. The van der Waals surface area contributed by atoms with Crippen molar-refractivity contribution >= 4 is 11.6 Å². The molecular formula is C22H23N3O3. The molecule has 2 atom stereocenters. The number of hydrazone groups is 1. The number of pyridine rings is 1. The molecule has 1 aromatic heterocycles. The summed E-state index contributed by atoms with van der Waals surface area (Å²) in [5, 5.41) is 6.37. The van der Waals surface area contributed by atoms with Gasteiger partial charge in [0.25, 0.3) is 0 Å². The van der Waals surface area contributed by atoms with E-state index in [0.29, 0.717) is 18.0 Å². The van der Waals surface area contributed by atoms with Crippen LogP contribution in [0, 0.1) is 11.8 Å². The molecule has 1 aliphatic heterocycles. The van der Waals surface area contributed by atoms with Crippen molar-refractivity contribution in [2.45, 2.75) is 19.4 Å². The highest BCUT2D eigenvalue weighted by atomic mass is 16.5. The number of carbonyl (C=O) groups excluding carboxylic acids is 1. The predicted molar refractivity (Wildman–Crippen MR) is 106 cm³/mol. The maximum absolute atomic E-state index is 13.1. The second-order valence-electron chi connectivity index (χ2n) is 6.97. The van der Waals surface area contributed by atoms with Gasteiger partial charge in [-0.3, -0.25) is 9.78 Å². The predicted octanol–water partition coefficient (Wildman–Crippen LogP) is 3.43. The molecule has 2 aromatic rings. The number of rotatable bonds is 5. The van der Waals surface area contributed by atoms with Crippen LogP contribution in [-0.2, 0) is 11.3 Å². The lowest BCUT2D eigenvalue weighted by Gasteiger charge is -2.37. The molecule has 0 radical (unpaired) electrons. The summed E-state index contributed by atoms with van der Waals surface area (Å²) >= 11 is 0. The van der Waals surface area contributed by atoms with Crippen molar-refractivity contribution in [2.24, 2.45) is 16.9 Å². The maximum atomic E-state index is 13.1. The summed E-state index contributed by atoms with van der Waals surface area (Å²) in [4.78, 5) is 17.2. The molecule has 0 N–H and O–H groups in total. The van der Waals surface area contributed by atoms with E-state index in [0.717, 1.165) is 29.7 Å². The number of fused-ring (bicyclic) bond motifs is 1. The van der Waals surface area contributed by atoms with Gasteiger partial charge in [-0.1, -0.05) is 18.2 Å². The number of ether oxygens (including phenoxy) is 2. The zero-order chi connectivity index (χ0) is 19.5. The van der Waals surface area contributed by atoms with Crippen LogP contribution in [0.5, 0.6) is 11.5 Å². The number of benzene rings is 1. The highest BCUT2D eigenvalue weighted by Crippen LogP contribution is 2.37. The van der Waals surface area contributed by atoms with Gasteiger partial charge in [-0.2, -0.15) is 5.10 Å². The smallest absolute Gasteiger partial charge is 0.247 e. The van der Waals surface area contributed by atoms with E-state index in [1.165, 1.54) is 0 Å². The summed E-state index contributed by atoms with van der Waals surface area (Å²) in [5.74, 6) is 1.37. The van der Waals surface area contributed by atoms with Gasteiger partial charge >= 0.3 is 0 Å². The lowest BCUT2D eigenvalue weighted by atomic mass is 9.76. The van der Waals surface area contributed by atoms with Gasteiger partial charge in [0.1, 0.15) is 0 Å². The second kappa shape index (κ2) is 7.84. The summed E-state index contributed by atoms with van der Waals surface area (Å²) in [7, 11) is 3.24. The van der Waals surface area contributed by atoms with Crippen LogP contribution in [0.1, 0.15) is 24.0 Å². The molecule has 0 bridgehead atoms. The first-order valence-electron chi connectivity index (χ1n) is 9.37. The molecule has 2 unspecified atom stereocenters. The van der Waals surface area contributed by atoms with E-state index in [-0.39, 0.29) is 17.7 Å². The second-order valence-corrected chi connectivity index (χ2v) is 6.97. The Labute approximate surface area is 164 Å². The first kappa shape index (κ1) is 18.2. The number of allylic oxidation sites excluding steroid dienone is 2. The Hall–Kier alpha value is -3.15. The maximum Gasteiger partial charge on any atom is 0.247 e. The van der Waals surface area contributed by atoms with Gasteiger partial charge in [0.05, 0.1) is 32.4 Å². The van der Waals surface area contributed by atoms with Gasteiger partial charge < -0.3 is 9.47 Å². The van der Waals surface area contributed by atoms with Crippen molar-refractivity contribution in [3.63, 3.8) is 0 Å². The highest BCUT2D eigenvalue weighted by Gasteiger charge is 2.40. The van der Waals surface area contributed by atoms with Gasteiger partial charge in [0.15, 0.2) is 11.5 Å². The summed E-state index contributed by atoms with van der Waals surface area (Å²) in [5.41, 5.74) is 2.82. The average molecular weight is 377 g/mol. The molecule has 0 saturated carbocycles. The molecule has 6 heteroatoms. The lowest BCUT2D eigenvalue weighted by molar-refractivity contribution is -0.138. The number of carbonyl (C=O) groups is 1. The monoisotopic (exact) mass is 377 g/mol. The standard InChI is InChI=1S/C22H23N3O3/c1-27-19-10-9-16(12-20(19)28-2)21-17-7-3-4-8-18(17)22(26)25(24-21)14-15-6-5-11-23-13-15/h3-6,9-13,17-18H,7-8,14H2,1-2H3. The van der Waals surface area contributed by atoms with Crippen LogP contribution in [0.3, 0.4) is 0 Å². The molecule has 1 aliphatic carbocycles. The summed E-state index contributed by atoms with van der Waals surface area (Å²) in [6.45, 7) is 0.413. The highest BCUT2D eigenvalue weighted by molar-refractivity contribution is 6.07. The summed E-state index contributed by atoms with van der Waals surface area (Å²) in [6.07, 6.45) is 9.28. The molecule has 28 heavy (non-hydrogen) atoms. The van der Waals surface area contributed by atoms with E-state index < -0.39 is 0 Å². The molecule has 6 nitrogen and oxygen atoms in total. The number of hydrogen-bond donors (Lipinski definition) is 0. The van der Waals surface area contributed by atoms with Crippen LogP contribution in [0.2, 0.25) is 0 Å². The summed E-state index contributed by atoms with van der Waals surface area (Å²) < 4.78 is 10.8. The summed E-state index contributed by atoms with van der Waals surface area (Å²) in [6, 6.07) is 9.62. The fraction of sp³-hybridized carbons (Fsp3) is 0.318. The van der Waals surface area contributed by atoms with Crippen molar-refractivity contribution in [3.8, 4) is 11.5 Å². The van der Waals surface area contributed by atoms with Gasteiger partial charge in [-0.05, 0) is 42.7 Å². The van der Waals surface area contributed by atoms with E-state index in [4.69, 9.17) is 14.6 Å². The largest absolute Gasteiger partial charge is 0.493 e. The molecule has 2 aliphatic rings. The van der Waals surface area contributed by atoms with Gasteiger partial charge in [0, 0.05) is 23.9 Å². The first-order valence-corrected chi connectivity index (χ1v) is 9.37. The van der Waals surface area contributed by atoms with Gasteiger partial charge in [-0.25, -0.2) is 5.01 Å². The Morgan fingerprint density at radius 3 is 2.57 bits per heavy atom. The third kappa shape index (κ3) is 3.38. The van der Waals surface area contributed by atoms with Crippen LogP contribution in [0.15, 0.2) is 60.0 Å². The van der Waals surface area contributed by atoms with Crippen LogP contribution in [0.25, 0.3) is 0 Å². The Morgan fingerprint density at radius 2 is 1.86 bits per heavy atom. The molecule has 4 rings (SSSR count). The fourth-order valence-corrected chi connectivity index (χ4v) is 3.88. The number of amides is 1. The quantitative estimate of drug-likeness (QED) is 0.749. The molecule has 144 valence electrons. The van der Waals surface area contributed by atoms with Crippen molar-refractivity contribution < 1.29 is 14.3 Å². The van der Waals surface area contributed by atoms with E-state index in [1.54, 1.807) is 31.6 Å². The number of aromatic nitrogens is 1. The minimum atomic E-state index is -0.0951. The molecule has 2 heterocycles. The SMILES string of the molecule is COc1ccc(C2=NN(Cc3cccnc3)C(=O)C3CC=CCC23)cc1OC. The Morgan fingerprint density at radius 1 is 1.07 bits per heavy atom. The first-order chi connectivity index (χ1) is 13.7. The molecule has 0 saturated heterocycles. The van der Waals surface area contributed by atoms with Crippen molar-refractivity contribution in [2.75, 3.05) is 14.2 Å². The zero-order valence-electron chi connectivity index (χ0n) is 16.0. The third-order valence-corrected chi connectivity index (χ3v) is 5.32. The van der Waals surface area contributed by atoms with Crippen molar-refractivity contribution in [1.82, 2.24) is 9.99 Å². The van der Waals surface area contributed by atoms with E-state index in [2.05, 4.69) is 17.1 Å². The minimum absolute atomic E-state index is 0.0701. The fourth-order valence-electron chi connectivity index (χ4n) is 3.88. The van der Waals surface area contributed by atoms with Crippen molar-refractivity contribution in [3.05, 3.63) is 66.0 Å². The van der Waals surface area contributed by atoms with Crippen LogP contribution >= 0.6 is 0 Å². The van der Waals surface area contributed by atoms with Crippen LogP contribution in [0.4, 0.5) is 0 Å². The number of methoxy groups -OCH3 is 2. The Kier molecular flexibility index (Phi) is 5.10. The minimum Gasteiger partial charge on any atom is -0.493 e. The third-order valence-electron chi connectivity index (χ3n) is 5.32. The Balaban J connectivity index is 1.74. The molecule has 1 amide bonds. The molecule has 0 fully saturated rings. The number of hydrogen-bond acceptors (Lipinski definition) is 5. The topological polar surface area (TPSA) is 64.0 Å². The average Bonchev–Trinajstić information content (AvgIpc) is 2.76. The Bertz CT molecular complexity index is 924. The van der Waals surface area contributed by atoms with E-state index in [9.17, 15) is 4.79 Å². The lowest BCUT2D eigenvalue weighted by Crippen LogP contribution is -2.45. The molecule has 0 spiro atoms. The van der Waals surface area contributed by atoms with E-state index >= 15 is 0 Å². The zero-order valence-corrected chi connectivity index (χ0v) is 16.0. The van der Waals surface area contributed by atoms with E-state index in [1.807, 2.05) is 30.3 Å². The normalized spacial score (nSPS) is 21.1.